The summed E-state index contributed by atoms with van der Waals surface area (Å²) >= 11 is 0. The number of pyridine rings is 1. The predicted octanol–water partition coefficient (Wildman–Crippen LogP) is 3.07. The number of aromatic nitrogens is 1. The molecule has 0 spiro atoms. The van der Waals surface area contributed by atoms with E-state index in [0.29, 0.717) is 31.4 Å². The number of hydrogen-bond acceptors (Lipinski definition) is 10. The third-order valence-electron chi connectivity index (χ3n) is 5.43. The number of nitrogens with one attached hydrogen (secondary N) is 1. The summed E-state index contributed by atoms with van der Waals surface area (Å²) < 4.78 is 21.9. The normalized spacial score (nSPS) is 16.2. The Balaban J connectivity index is 1.31. The third kappa shape index (κ3) is 8.58. The van der Waals surface area contributed by atoms with Crippen molar-refractivity contribution in [3.8, 4) is 0 Å². The van der Waals surface area contributed by atoms with Crippen LogP contribution in [0.1, 0.15) is 60.2 Å². The Kier molecular flexibility index (Phi) is 11.0. The van der Waals surface area contributed by atoms with Gasteiger partial charge in [-0.3, -0.25) is 14.4 Å². The molecule has 1 aromatic heterocycles. The van der Waals surface area contributed by atoms with E-state index in [4.69, 9.17) is 4.84 Å². The maximum Gasteiger partial charge on any atom is 0.333 e. The topological polar surface area (TPSA) is 140 Å². The average Bonchev–Trinajstić information content (AvgIpc) is 3.18. The standard InChI is InChI=1S/C24H27N3O7S3/c1-16(35-36-20-7-4-6-13-25-20)17-9-11-18(12-10-17)23(30)26-14-5-2-3-8-22(29)34-27-21(28)15-19(24(27)31)37(32)33/h4,6-7,9-13,16,19,37H,2-3,5,8,14-15H2,1H3,(H,26,30). The highest BCUT2D eigenvalue weighted by molar-refractivity contribution is 8.76. The molecule has 1 saturated heterocycles. The van der Waals surface area contributed by atoms with E-state index in [1.54, 1.807) is 39.9 Å². The Morgan fingerprint density at radius 1 is 1.14 bits per heavy atom. The second kappa shape index (κ2) is 14.1. The Hall–Kier alpha value is -2.90. The molecule has 2 heterocycles. The van der Waals surface area contributed by atoms with Gasteiger partial charge < -0.3 is 10.2 Å². The first-order chi connectivity index (χ1) is 17.8. The number of thiol groups is 1. The van der Waals surface area contributed by atoms with E-state index in [2.05, 4.69) is 17.2 Å². The monoisotopic (exact) mass is 565 g/mol. The lowest BCUT2D eigenvalue weighted by molar-refractivity contribution is -0.197. The van der Waals surface area contributed by atoms with Gasteiger partial charge in [-0.05, 0) is 60.4 Å². The number of carbonyl (C=O) groups excluding carboxylic acids is 4. The van der Waals surface area contributed by atoms with Gasteiger partial charge in [0.15, 0.2) is 10.7 Å². The number of benzene rings is 1. The predicted molar refractivity (Wildman–Crippen MR) is 140 cm³/mol. The lowest BCUT2D eigenvalue weighted by Crippen LogP contribution is -2.34. The van der Waals surface area contributed by atoms with Crippen molar-refractivity contribution in [2.75, 3.05) is 6.54 Å². The first-order valence-electron chi connectivity index (χ1n) is 11.6. The van der Waals surface area contributed by atoms with Crippen LogP contribution >= 0.6 is 21.6 Å². The quantitative estimate of drug-likeness (QED) is 0.161. The van der Waals surface area contributed by atoms with Crippen LogP contribution in [0.2, 0.25) is 0 Å². The fourth-order valence-electron chi connectivity index (χ4n) is 3.36. The first-order valence-corrected chi connectivity index (χ1v) is 15.1. The van der Waals surface area contributed by atoms with Gasteiger partial charge in [0, 0.05) is 30.0 Å². The van der Waals surface area contributed by atoms with Crippen LogP contribution in [0.25, 0.3) is 0 Å². The molecule has 1 aromatic carbocycles. The minimum Gasteiger partial charge on any atom is -0.352 e. The van der Waals surface area contributed by atoms with Gasteiger partial charge in [-0.15, -0.1) is 5.06 Å². The Morgan fingerprint density at radius 2 is 1.89 bits per heavy atom. The van der Waals surface area contributed by atoms with Crippen LogP contribution in [-0.4, -0.2) is 54.0 Å². The van der Waals surface area contributed by atoms with Gasteiger partial charge in [0.05, 0.1) is 6.42 Å². The van der Waals surface area contributed by atoms with Gasteiger partial charge in [0.1, 0.15) is 10.3 Å². The molecule has 2 unspecified atom stereocenters. The molecule has 3 amide bonds. The maximum absolute atomic E-state index is 12.4. The highest BCUT2D eigenvalue weighted by Gasteiger charge is 2.43. The zero-order chi connectivity index (χ0) is 26.8. The zero-order valence-electron chi connectivity index (χ0n) is 20.0. The summed E-state index contributed by atoms with van der Waals surface area (Å²) in [7, 11) is 0.180. The van der Waals surface area contributed by atoms with Crippen LogP contribution in [0, 0.1) is 0 Å². The maximum atomic E-state index is 12.4. The van der Waals surface area contributed by atoms with Crippen LogP contribution < -0.4 is 5.32 Å². The largest absolute Gasteiger partial charge is 0.352 e. The van der Waals surface area contributed by atoms with Crippen molar-refractivity contribution in [2.24, 2.45) is 0 Å². The minimum absolute atomic E-state index is 0.0462. The fourth-order valence-corrected chi connectivity index (χ4v) is 6.05. The minimum atomic E-state index is -3.12. The highest BCUT2D eigenvalue weighted by atomic mass is 33.1. The molecule has 2 aromatic rings. The van der Waals surface area contributed by atoms with E-state index < -0.39 is 40.2 Å². The molecule has 198 valence electrons. The molecule has 1 aliphatic rings. The van der Waals surface area contributed by atoms with Crippen molar-refractivity contribution in [3.63, 3.8) is 0 Å². The summed E-state index contributed by atoms with van der Waals surface area (Å²) in [5.74, 6) is -2.87. The molecule has 1 aliphatic heterocycles. The Labute approximate surface area is 224 Å². The summed E-state index contributed by atoms with van der Waals surface area (Å²) in [6.45, 7) is 2.52. The average molecular weight is 566 g/mol. The first kappa shape index (κ1) is 28.7. The van der Waals surface area contributed by atoms with E-state index in [1.165, 1.54) is 0 Å². The molecule has 10 nitrogen and oxygen atoms in total. The Bertz CT molecular complexity index is 1180. The molecule has 13 heteroatoms. The molecule has 2 atom stereocenters. The van der Waals surface area contributed by atoms with Crippen molar-refractivity contribution in [3.05, 3.63) is 59.8 Å². The molecule has 0 aliphatic carbocycles. The number of unbranched alkanes of at least 4 members (excludes halogenated alkanes) is 2. The summed E-state index contributed by atoms with van der Waals surface area (Å²) in [5, 5.41) is 2.76. The lowest BCUT2D eigenvalue weighted by atomic mass is 10.1. The number of nitrogens with zero attached hydrogens (tertiary/aromatic N) is 2. The summed E-state index contributed by atoms with van der Waals surface area (Å²) in [4.78, 5) is 56.8. The molecular weight excluding hydrogens is 538 g/mol. The number of rotatable bonds is 13. The summed E-state index contributed by atoms with van der Waals surface area (Å²) in [6.07, 6.45) is 2.84. The second-order valence-corrected chi connectivity index (χ2v) is 11.9. The van der Waals surface area contributed by atoms with Gasteiger partial charge in [0.2, 0.25) is 0 Å². The van der Waals surface area contributed by atoms with Crippen LogP contribution in [0.3, 0.4) is 0 Å². The van der Waals surface area contributed by atoms with Crippen LogP contribution in [0.15, 0.2) is 53.7 Å². The molecule has 37 heavy (non-hydrogen) atoms. The number of carbonyl (C=O) groups is 4. The summed E-state index contributed by atoms with van der Waals surface area (Å²) in [6, 6.07) is 13.2. The highest BCUT2D eigenvalue weighted by Crippen LogP contribution is 2.41. The van der Waals surface area contributed by atoms with Gasteiger partial charge in [-0.2, -0.15) is 0 Å². The molecule has 3 rings (SSSR count). The van der Waals surface area contributed by atoms with Crippen molar-refractivity contribution in [1.82, 2.24) is 15.4 Å². The molecule has 1 N–H and O–H groups in total. The smallest absolute Gasteiger partial charge is 0.333 e. The van der Waals surface area contributed by atoms with E-state index >= 15 is 0 Å². The van der Waals surface area contributed by atoms with Crippen LogP contribution in [0.4, 0.5) is 0 Å². The van der Waals surface area contributed by atoms with Crippen molar-refractivity contribution < 1.29 is 32.4 Å². The molecule has 0 radical (unpaired) electrons. The fraction of sp³-hybridized carbons (Fsp3) is 0.375. The van der Waals surface area contributed by atoms with E-state index in [-0.39, 0.29) is 22.6 Å². The van der Waals surface area contributed by atoms with Gasteiger partial charge in [-0.25, -0.2) is 18.2 Å². The number of imide groups is 1. The third-order valence-corrected chi connectivity index (χ3v) is 9.08. The zero-order valence-corrected chi connectivity index (χ0v) is 22.6. The second-order valence-electron chi connectivity index (χ2n) is 8.17. The molecular formula is C24H27N3O7S3. The lowest BCUT2D eigenvalue weighted by Gasteiger charge is -2.13. The number of amides is 3. The SMILES string of the molecule is CC(SSc1ccccn1)c1ccc(C(=O)NCCCCCC(=O)ON2C(=O)CC([SH](=O)=O)C2=O)cc1. The van der Waals surface area contributed by atoms with Crippen LogP contribution in [0.5, 0.6) is 0 Å². The van der Waals surface area contributed by atoms with Crippen molar-refractivity contribution in [1.29, 1.82) is 0 Å². The number of hydroxylamine groups is 2. The van der Waals surface area contributed by atoms with Gasteiger partial charge >= 0.3 is 5.97 Å². The van der Waals surface area contributed by atoms with E-state index in [1.807, 2.05) is 30.3 Å². The molecule has 0 saturated carbocycles. The van der Waals surface area contributed by atoms with E-state index in [9.17, 15) is 27.6 Å². The summed E-state index contributed by atoms with van der Waals surface area (Å²) in [5.41, 5.74) is 1.66. The molecule has 1 fully saturated rings. The van der Waals surface area contributed by atoms with E-state index in [0.717, 1.165) is 10.6 Å². The van der Waals surface area contributed by atoms with Gasteiger partial charge in [0.25, 0.3) is 17.7 Å². The molecule has 0 bridgehead atoms. The Morgan fingerprint density at radius 3 is 2.54 bits per heavy atom. The van der Waals surface area contributed by atoms with Crippen molar-refractivity contribution >= 4 is 56.0 Å². The number of hydrogen-bond donors (Lipinski definition) is 2. The van der Waals surface area contributed by atoms with Gasteiger partial charge in [-0.1, -0.05) is 35.4 Å². The van der Waals surface area contributed by atoms with Crippen LogP contribution in [-0.2, 0) is 29.9 Å². The van der Waals surface area contributed by atoms with Crippen molar-refractivity contribution in [2.45, 2.75) is 54.6 Å².